The normalized spacial score (nSPS) is 16.4. The van der Waals surface area contributed by atoms with Gasteiger partial charge >= 0.3 is 0 Å². The Bertz CT molecular complexity index is 542. The first-order chi connectivity index (χ1) is 11.5. The molecule has 6 heteroatoms. The Morgan fingerprint density at radius 1 is 1.17 bits per heavy atom. The van der Waals surface area contributed by atoms with Gasteiger partial charge in [-0.05, 0) is 43.6 Å². The van der Waals surface area contributed by atoms with Crippen molar-refractivity contribution in [2.24, 2.45) is 0 Å². The van der Waals surface area contributed by atoms with Gasteiger partial charge in [-0.25, -0.2) is 0 Å². The number of likely N-dealkylation sites (tertiary alicyclic amines) is 1. The molecular formula is C18H26ClN3O2. The minimum absolute atomic E-state index is 0.0549. The van der Waals surface area contributed by atoms with Crippen LogP contribution in [0.25, 0.3) is 0 Å². The van der Waals surface area contributed by atoms with E-state index >= 15 is 0 Å². The van der Waals surface area contributed by atoms with E-state index < -0.39 is 0 Å². The van der Waals surface area contributed by atoms with Crippen LogP contribution in [-0.4, -0.2) is 42.9 Å². The van der Waals surface area contributed by atoms with Crippen LogP contribution in [-0.2, 0) is 9.59 Å². The highest BCUT2D eigenvalue weighted by Gasteiger charge is 2.17. The molecule has 1 atom stereocenters. The minimum Gasteiger partial charge on any atom is -0.355 e. The number of hydrogen-bond donors (Lipinski definition) is 2. The van der Waals surface area contributed by atoms with Gasteiger partial charge in [-0.15, -0.1) is 0 Å². The molecule has 1 aliphatic heterocycles. The average Bonchev–Trinajstić information content (AvgIpc) is 2.55. The Labute approximate surface area is 148 Å². The van der Waals surface area contributed by atoms with E-state index in [1.165, 1.54) is 26.2 Å². The van der Waals surface area contributed by atoms with Crippen LogP contribution in [0.5, 0.6) is 0 Å². The van der Waals surface area contributed by atoms with Crippen LogP contribution >= 0.6 is 11.6 Å². The molecule has 1 aliphatic rings. The van der Waals surface area contributed by atoms with E-state index in [1.54, 1.807) is 12.1 Å². The zero-order valence-corrected chi connectivity index (χ0v) is 14.9. The summed E-state index contributed by atoms with van der Waals surface area (Å²) in [4.78, 5) is 26.0. The number of nitrogens with zero attached hydrogens (tertiary/aromatic N) is 1. The summed E-state index contributed by atoms with van der Waals surface area (Å²) in [6.07, 6.45) is 4.02. The van der Waals surface area contributed by atoms with E-state index in [2.05, 4.69) is 15.5 Å². The van der Waals surface area contributed by atoms with E-state index in [1.807, 2.05) is 12.1 Å². The summed E-state index contributed by atoms with van der Waals surface area (Å²) in [5, 5.41) is 6.42. The molecule has 2 rings (SSSR count). The molecular weight excluding hydrogens is 326 g/mol. The van der Waals surface area contributed by atoms with Crippen molar-refractivity contribution in [3.8, 4) is 0 Å². The molecule has 5 nitrogen and oxygen atoms in total. The van der Waals surface area contributed by atoms with E-state index in [0.717, 1.165) is 25.2 Å². The second-order valence-corrected chi connectivity index (χ2v) is 6.70. The van der Waals surface area contributed by atoms with Crippen molar-refractivity contribution in [2.75, 3.05) is 26.2 Å². The fraction of sp³-hybridized carbons (Fsp3) is 0.556. The highest BCUT2D eigenvalue weighted by atomic mass is 35.5. The van der Waals surface area contributed by atoms with Crippen LogP contribution in [0.4, 0.5) is 0 Å². The quantitative estimate of drug-likeness (QED) is 0.793. The summed E-state index contributed by atoms with van der Waals surface area (Å²) < 4.78 is 0. The molecule has 0 saturated carbocycles. The fourth-order valence-electron chi connectivity index (χ4n) is 2.99. The number of carbonyl (C=O) groups is 2. The third-order valence-corrected chi connectivity index (χ3v) is 4.49. The predicted octanol–water partition coefficient (Wildman–Crippen LogP) is 2.51. The van der Waals surface area contributed by atoms with Gasteiger partial charge < -0.3 is 15.5 Å². The maximum absolute atomic E-state index is 12.2. The lowest BCUT2D eigenvalue weighted by Gasteiger charge is -2.26. The molecule has 1 fully saturated rings. The summed E-state index contributed by atoms with van der Waals surface area (Å²) in [6, 6.07) is 6.86. The fourth-order valence-corrected chi connectivity index (χ4v) is 3.11. The third kappa shape index (κ3) is 6.49. The molecule has 0 spiro atoms. The third-order valence-electron chi connectivity index (χ3n) is 4.24. The molecule has 1 saturated heterocycles. The Morgan fingerprint density at radius 3 is 2.46 bits per heavy atom. The van der Waals surface area contributed by atoms with Gasteiger partial charge in [0.05, 0.1) is 12.5 Å². The summed E-state index contributed by atoms with van der Waals surface area (Å²) in [5.74, 6) is -0.211. The standard InChI is InChI=1S/C18H26ClN3O2/c1-14(23)21-17(15-5-7-16(19)8-6-15)13-18(24)20-9-12-22-10-3-2-4-11-22/h5-8,17H,2-4,9-13H2,1H3,(H,20,24)(H,21,23). The van der Waals surface area contributed by atoms with Gasteiger partial charge in [0, 0.05) is 25.0 Å². The molecule has 2 amide bonds. The molecule has 0 radical (unpaired) electrons. The van der Waals surface area contributed by atoms with Gasteiger partial charge in [-0.1, -0.05) is 30.2 Å². The molecule has 24 heavy (non-hydrogen) atoms. The second-order valence-electron chi connectivity index (χ2n) is 6.26. The van der Waals surface area contributed by atoms with Crippen LogP contribution in [0.15, 0.2) is 24.3 Å². The zero-order chi connectivity index (χ0) is 17.4. The molecule has 132 valence electrons. The first kappa shape index (κ1) is 18.7. The van der Waals surface area contributed by atoms with Gasteiger partial charge in [0.15, 0.2) is 0 Å². The molecule has 1 heterocycles. The molecule has 1 unspecified atom stereocenters. The number of nitrogens with one attached hydrogen (secondary N) is 2. The molecule has 1 aromatic carbocycles. The Kier molecular flexibility index (Phi) is 7.53. The summed E-state index contributed by atoms with van der Waals surface area (Å²) in [5.41, 5.74) is 0.876. The second kappa shape index (κ2) is 9.64. The topological polar surface area (TPSA) is 61.4 Å². The van der Waals surface area contributed by atoms with Crippen molar-refractivity contribution in [1.82, 2.24) is 15.5 Å². The monoisotopic (exact) mass is 351 g/mol. The minimum atomic E-state index is -0.338. The van der Waals surface area contributed by atoms with Crippen LogP contribution in [0.2, 0.25) is 5.02 Å². The summed E-state index contributed by atoms with van der Waals surface area (Å²) in [7, 11) is 0. The number of piperidine rings is 1. The molecule has 0 aliphatic carbocycles. The first-order valence-electron chi connectivity index (χ1n) is 8.56. The van der Waals surface area contributed by atoms with E-state index in [9.17, 15) is 9.59 Å². The maximum atomic E-state index is 12.2. The van der Waals surface area contributed by atoms with Crippen LogP contribution in [0.3, 0.4) is 0 Å². The van der Waals surface area contributed by atoms with Crippen molar-refractivity contribution in [2.45, 2.75) is 38.6 Å². The highest BCUT2D eigenvalue weighted by Crippen LogP contribution is 2.19. The van der Waals surface area contributed by atoms with Crippen LogP contribution < -0.4 is 10.6 Å². The number of carbonyl (C=O) groups excluding carboxylic acids is 2. The number of amides is 2. The largest absolute Gasteiger partial charge is 0.355 e. The van der Waals surface area contributed by atoms with Crippen molar-refractivity contribution < 1.29 is 9.59 Å². The first-order valence-corrected chi connectivity index (χ1v) is 8.94. The lowest BCUT2D eigenvalue weighted by Crippen LogP contribution is -2.39. The van der Waals surface area contributed by atoms with Crippen LogP contribution in [0, 0.1) is 0 Å². The Hall–Kier alpha value is -1.59. The van der Waals surface area contributed by atoms with Gasteiger partial charge in [0.1, 0.15) is 0 Å². The summed E-state index contributed by atoms with van der Waals surface area (Å²) >= 11 is 5.90. The van der Waals surface area contributed by atoms with Crippen molar-refractivity contribution in [3.63, 3.8) is 0 Å². The van der Waals surface area contributed by atoms with Crippen molar-refractivity contribution >= 4 is 23.4 Å². The Balaban J connectivity index is 1.82. The number of rotatable bonds is 7. The van der Waals surface area contributed by atoms with E-state index in [4.69, 9.17) is 11.6 Å². The van der Waals surface area contributed by atoms with Gasteiger partial charge in [0.25, 0.3) is 0 Å². The lowest BCUT2D eigenvalue weighted by molar-refractivity contribution is -0.122. The van der Waals surface area contributed by atoms with E-state index in [-0.39, 0.29) is 24.3 Å². The molecule has 1 aromatic rings. The number of hydrogen-bond acceptors (Lipinski definition) is 3. The molecule has 2 N–H and O–H groups in total. The Morgan fingerprint density at radius 2 is 1.83 bits per heavy atom. The van der Waals surface area contributed by atoms with Crippen LogP contribution in [0.1, 0.15) is 44.2 Å². The number of halogens is 1. The summed E-state index contributed by atoms with van der Waals surface area (Å²) in [6.45, 7) is 5.23. The SMILES string of the molecule is CC(=O)NC(CC(=O)NCCN1CCCCC1)c1ccc(Cl)cc1. The maximum Gasteiger partial charge on any atom is 0.222 e. The predicted molar refractivity (Wildman–Crippen MR) is 95.9 cm³/mol. The molecule has 0 bridgehead atoms. The van der Waals surface area contributed by atoms with Gasteiger partial charge in [-0.3, -0.25) is 9.59 Å². The van der Waals surface area contributed by atoms with Crippen molar-refractivity contribution in [1.29, 1.82) is 0 Å². The smallest absolute Gasteiger partial charge is 0.222 e. The van der Waals surface area contributed by atoms with E-state index in [0.29, 0.717) is 11.6 Å². The highest BCUT2D eigenvalue weighted by molar-refractivity contribution is 6.30. The number of benzene rings is 1. The average molecular weight is 352 g/mol. The van der Waals surface area contributed by atoms with Gasteiger partial charge in [0.2, 0.25) is 11.8 Å². The molecule has 0 aromatic heterocycles. The van der Waals surface area contributed by atoms with Gasteiger partial charge in [-0.2, -0.15) is 0 Å². The zero-order valence-electron chi connectivity index (χ0n) is 14.2. The van der Waals surface area contributed by atoms with Crippen molar-refractivity contribution in [3.05, 3.63) is 34.9 Å². The lowest BCUT2D eigenvalue weighted by atomic mass is 10.0.